The van der Waals surface area contributed by atoms with Crippen LogP contribution in [0.2, 0.25) is 0 Å². The quantitative estimate of drug-likeness (QED) is 0.900. The molecule has 1 aromatic heterocycles. The van der Waals surface area contributed by atoms with E-state index in [-0.39, 0.29) is 11.9 Å². The third-order valence-corrected chi connectivity index (χ3v) is 3.51. The van der Waals surface area contributed by atoms with E-state index < -0.39 is 0 Å². The predicted molar refractivity (Wildman–Crippen MR) is 75.5 cm³/mol. The molecule has 1 fully saturated rings. The SMILES string of the molecule is O=C(Nc1ccccc1)c1conc1[C@H]1CCCCN1. The maximum Gasteiger partial charge on any atom is 0.260 e. The van der Waals surface area contributed by atoms with Gasteiger partial charge in [-0.2, -0.15) is 0 Å². The number of hydrogen-bond donors (Lipinski definition) is 2. The van der Waals surface area contributed by atoms with Crippen LogP contribution in [0, 0.1) is 0 Å². The van der Waals surface area contributed by atoms with Crippen LogP contribution in [0.5, 0.6) is 0 Å². The summed E-state index contributed by atoms with van der Waals surface area (Å²) in [4.78, 5) is 12.3. The first-order valence-corrected chi connectivity index (χ1v) is 6.88. The van der Waals surface area contributed by atoms with Gasteiger partial charge in [-0.05, 0) is 31.5 Å². The Labute approximate surface area is 117 Å². The molecule has 1 atom stereocenters. The zero-order valence-corrected chi connectivity index (χ0v) is 11.1. The van der Waals surface area contributed by atoms with E-state index in [0.29, 0.717) is 11.3 Å². The van der Waals surface area contributed by atoms with E-state index in [0.717, 1.165) is 25.1 Å². The topological polar surface area (TPSA) is 67.2 Å². The number of anilines is 1. The predicted octanol–water partition coefficient (Wildman–Crippen LogP) is 2.74. The highest BCUT2D eigenvalue weighted by molar-refractivity contribution is 6.04. The van der Waals surface area contributed by atoms with Gasteiger partial charge in [0.05, 0.1) is 6.04 Å². The Kier molecular flexibility index (Phi) is 3.78. The number of benzene rings is 1. The van der Waals surface area contributed by atoms with Gasteiger partial charge in [-0.15, -0.1) is 0 Å². The molecular weight excluding hydrogens is 254 g/mol. The summed E-state index contributed by atoms with van der Waals surface area (Å²) in [6.07, 6.45) is 4.71. The first-order valence-electron chi connectivity index (χ1n) is 6.88. The van der Waals surface area contributed by atoms with E-state index in [1.807, 2.05) is 30.3 Å². The van der Waals surface area contributed by atoms with Gasteiger partial charge in [0.2, 0.25) is 0 Å². The van der Waals surface area contributed by atoms with Crippen molar-refractivity contribution >= 4 is 11.6 Å². The van der Waals surface area contributed by atoms with Gasteiger partial charge in [-0.1, -0.05) is 29.8 Å². The van der Waals surface area contributed by atoms with Crippen LogP contribution >= 0.6 is 0 Å². The number of aromatic nitrogens is 1. The molecule has 1 saturated heterocycles. The number of carbonyl (C=O) groups excluding carboxylic acids is 1. The van der Waals surface area contributed by atoms with Gasteiger partial charge in [-0.25, -0.2) is 0 Å². The number of carbonyl (C=O) groups is 1. The van der Waals surface area contributed by atoms with E-state index in [1.165, 1.54) is 12.7 Å². The molecule has 104 valence electrons. The van der Waals surface area contributed by atoms with E-state index in [4.69, 9.17) is 4.52 Å². The highest BCUT2D eigenvalue weighted by atomic mass is 16.5. The van der Waals surface area contributed by atoms with Crippen LogP contribution in [0.25, 0.3) is 0 Å². The van der Waals surface area contributed by atoms with Crippen LogP contribution in [0.3, 0.4) is 0 Å². The van der Waals surface area contributed by atoms with Gasteiger partial charge < -0.3 is 15.2 Å². The van der Waals surface area contributed by atoms with Crippen LogP contribution in [-0.4, -0.2) is 17.6 Å². The normalized spacial score (nSPS) is 18.7. The lowest BCUT2D eigenvalue weighted by molar-refractivity contribution is 0.102. The van der Waals surface area contributed by atoms with E-state index >= 15 is 0 Å². The van der Waals surface area contributed by atoms with Gasteiger partial charge >= 0.3 is 0 Å². The molecule has 1 aliphatic rings. The molecule has 1 aromatic carbocycles. The molecule has 3 rings (SSSR count). The average Bonchev–Trinajstić information content (AvgIpc) is 2.99. The van der Waals surface area contributed by atoms with Crippen molar-refractivity contribution in [1.82, 2.24) is 10.5 Å². The molecule has 0 radical (unpaired) electrons. The summed E-state index contributed by atoms with van der Waals surface area (Å²) >= 11 is 0. The molecule has 0 unspecified atom stereocenters. The molecule has 5 nitrogen and oxygen atoms in total. The van der Waals surface area contributed by atoms with Crippen molar-refractivity contribution in [3.63, 3.8) is 0 Å². The minimum atomic E-state index is -0.181. The van der Waals surface area contributed by atoms with Gasteiger partial charge in [0.15, 0.2) is 0 Å². The lowest BCUT2D eigenvalue weighted by Gasteiger charge is -2.22. The van der Waals surface area contributed by atoms with Crippen LogP contribution in [0.1, 0.15) is 41.4 Å². The molecule has 0 aliphatic carbocycles. The number of amides is 1. The standard InChI is InChI=1S/C15H17N3O2/c19-15(17-11-6-2-1-3-7-11)12-10-20-18-14(12)13-8-4-5-9-16-13/h1-3,6-7,10,13,16H,4-5,8-9H2,(H,17,19)/t13-/m1/s1. The Morgan fingerprint density at radius 3 is 2.90 bits per heavy atom. The molecule has 20 heavy (non-hydrogen) atoms. The number of para-hydroxylation sites is 1. The van der Waals surface area contributed by atoms with Crippen LogP contribution in [0.4, 0.5) is 5.69 Å². The number of piperidine rings is 1. The van der Waals surface area contributed by atoms with Gasteiger partial charge in [-0.3, -0.25) is 4.79 Å². The van der Waals surface area contributed by atoms with Crippen molar-refractivity contribution in [3.05, 3.63) is 47.9 Å². The van der Waals surface area contributed by atoms with Crippen molar-refractivity contribution < 1.29 is 9.32 Å². The molecule has 2 N–H and O–H groups in total. The Morgan fingerprint density at radius 2 is 2.15 bits per heavy atom. The fraction of sp³-hybridized carbons (Fsp3) is 0.333. The highest BCUT2D eigenvalue weighted by Gasteiger charge is 2.24. The molecule has 0 bridgehead atoms. The number of rotatable bonds is 3. The van der Waals surface area contributed by atoms with Gasteiger partial charge in [0.1, 0.15) is 17.5 Å². The lowest BCUT2D eigenvalue weighted by atomic mass is 9.99. The summed E-state index contributed by atoms with van der Waals surface area (Å²) in [7, 11) is 0. The average molecular weight is 271 g/mol. The molecule has 1 aliphatic heterocycles. The fourth-order valence-corrected chi connectivity index (χ4v) is 2.47. The summed E-state index contributed by atoms with van der Waals surface area (Å²) in [6, 6.07) is 9.49. The summed E-state index contributed by atoms with van der Waals surface area (Å²) in [5, 5.41) is 10.2. The van der Waals surface area contributed by atoms with Crippen molar-refractivity contribution in [1.29, 1.82) is 0 Å². The molecule has 1 amide bonds. The van der Waals surface area contributed by atoms with Crippen molar-refractivity contribution in [2.45, 2.75) is 25.3 Å². The van der Waals surface area contributed by atoms with Crippen LogP contribution in [-0.2, 0) is 0 Å². The third kappa shape index (κ3) is 2.72. The number of nitrogens with zero attached hydrogens (tertiary/aromatic N) is 1. The molecule has 2 heterocycles. The molecular formula is C15H17N3O2. The second kappa shape index (κ2) is 5.88. The lowest BCUT2D eigenvalue weighted by Crippen LogP contribution is -2.28. The molecule has 5 heteroatoms. The second-order valence-electron chi connectivity index (χ2n) is 4.94. The Bertz CT molecular complexity index is 574. The van der Waals surface area contributed by atoms with Crippen LogP contribution < -0.4 is 10.6 Å². The first-order chi connectivity index (χ1) is 9.84. The summed E-state index contributed by atoms with van der Waals surface area (Å²) in [6.45, 7) is 0.956. The van der Waals surface area contributed by atoms with Crippen LogP contribution in [0.15, 0.2) is 41.1 Å². The fourth-order valence-electron chi connectivity index (χ4n) is 2.47. The number of hydrogen-bond acceptors (Lipinski definition) is 4. The maximum absolute atomic E-state index is 12.3. The number of nitrogens with one attached hydrogen (secondary N) is 2. The Balaban J connectivity index is 1.77. The van der Waals surface area contributed by atoms with E-state index in [2.05, 4.69) is 15.8 Å². The Morgan fingerprint density at radius 1 is 1.30 bits per heavy atom. The monoisotopic (exact) mass is 271 g/mol. The van der Waals surface area contributed by atoms with Gasteiger partial charge in [0, 0.05) is 5.69 Å². The first kappa shape index (κ1) is 12.9. The van der Waals surface area contributed by atoms with Gasteiger partial charge in [0.25, 0.3) is 5.91 Å². The Hall–Kier alpha value is -2.14. The summed E-state index contributed by atoms with van der Waals surface area (Å²) in [5.41, 5.74) is 1.98. The molecule has 0 saturated carbocycles. The maximum atomic E-state index is 12.3. The molecule has 0 spiro atoms. The molecule has 2 aromatic rings. The van der Waals surface area contributed by atoms with Crippen molar-refractivity contribution in [2.24, 2.45) is 0 Å². The minimum absolute atomic E-state index is 0.110. The van der Waals surface area contributed by atoms with E-state index in [1.54, 1.807) is 0 Å². The largest absolute Gasteiger partial charge is 0.364 e. The highest BCUT2D eigenvalue weighted by Crippen LogP contribution is 2.25. The smallest absolute Gasteiger partial charge is 0.260 e. The van der Waals surface area contributed by atoms with E-state index in [9.17, 15) is 4.79 Å². The summed E-state index contributed by atoms with van der Waals surface area (Å²) < 4.78 is 5.01. The summed E-state index contributed by atoms with van der Waals surface area (Å²) in [5.74, 6) is -0.181. The zero-order chi connectivity index (χ0) is 13.8. The third-order valence-electron chi connectivity index (χ3n) is 3.51. The van der Waals surface area contributed by atoms with Crippen molar-refractivity contribution in [3.8, 4) is 0 Å². The van der Waals surface area contributed by atoms with Crippen molar-refractivity contribution in [2.75, 3.05) is 11.9 Å². The zero-order valence-electron chi connectivity index (χ0n) is 11.1. The second-order valence-corrected chi connectivity index (χ2v) is 4.94. The minimum Gasteiger partial charge on any atom is -0.364 e.